The third-order valence-electron chi connectivity index (χ3n) is 4.62. The number of carbonyl (C=O) groups excluding carboxylic acids is 1. The Balaban J connectivity index is 2.20. The zero-order valence-electron chi connectivity index (χ0n) is 16.8. The van der Waals surface area contributed by atoms with Crippen molar-refractivity contribution in [1.29, 1.82) is 0 Å². The summed E-state index contributed by atoms with van der Waals surface area (Å²) in [5.74, 6) is 0.800. The number of carbonyl (C=O) groups is 1. The van der Waals surface area contributed by atoms with E-state index in [1.807, 2.05) is 13.8 Å². The van der Waals surface area contributed by atoms with Crippen LogP contribution in [0.4, 0.5) is 0 Å². The molecule has 1 atom stereocenters. The number of hydrogen-bond donors (Lipinski definition) is 1. The smallest absolute Gasteiger partial charge is 0.260 e. The van der Waals surface area contributed by atoms with Gasteiger partial charge in [0.25, 0.3) is 5.56 Å². The molecule has 2 heterocycles. The number of likely N-dealkylation sites (N-methyl/N-ethyl adjacent to an activating group) is 1. The van der Waals surface area contributed by atoms with Crippen molar-refractivity contribution in [3.05, 3.63) is 32.9 Å². The average Bonchev–Trinajstić information content (AvgIpc) is 2.92. The number of fused-ring (bicyclic) bond motifs is 1. The van der Waals surface area contributed by atoms with E-state index < -0.39 is 0 Å². The average molecular weight is 408 g/mol. The summed E-state index contributed by atoms with van der Waals surface area (Å²) in [5.41, 5.74) is 1.96. The van der Waals surface area contributed by atoms with E-state index in [2.05, 4.69) is 37.3 Å². The predicted octanol–water partition coefficient (Wildman–Crippen LogP) is 4.40. The van der Waals surface area contributed by atoms with Crippen LogP contribution in [0.1, 0.15) is 44.6 Å². The molecular weight excluding hydrogens is 378 g/mol. The van der Waals surface area contributed by atoms with Crippen LogP contribution in [0.3, 0.4) is 0 Å². The van der Waals surface area contributed by atoms with Gasteiger partial charge in [0.1, 0.15) is 4.83 Å². The Morgan fingerprint density at radius 1 is 1.41 bits per heavy atom. The van der Waals surface area contributed by atoms with Crippen molar-refractivity contribution in [3.63, 3.8) is 0 Å². The second kappa shape index (κ2) is 9.55. The molecule has 5 nitrogen and oxygen atoms in total. The van der Waals surface area contributed by atoms with Crippen LogP contribution in [0.5, 0.6) is 0 Å². The number of nitrogens with zero attached hydrogens (tertiary/aromatic N) is 2. The third kappa shape index (κ3) is 5.45. The van der Waals surface area contributed by atoms with Crippen LogP contribution in [-0.4, -0.2) is 39.6 Å². The van der Waals surface area contributed by atoms with Gasteiger partial charge in [-0.3, -0.25) is 9.59 Å². The Morgan fingerprint density at radius 3 is 2.70 bits per heavy atom. The highest BCUT2D eigenvalue weighted by molar-refractivity contribution is 7.99. The van der Waals surface area contributed by atoms with E-state index in [1.165, 1.54) is 11.8 Å². The highest BCUT2D eigenvalue weighted by Crippen LogP contribution is 2.30. The van der Waals surface area contributed by atoms with Crippen LogP contribution in [0.15, 0.2) is 22.1 Å². The minimum absolute atomic E-state index is 0.0214. The van der Waals surface area contributed by atoms with Gasteiger partial charge in [0, 0.05) is 18.0 Å². The molecule has 0 aliphatic heterocycles. The van der Waals surface area contributed by atoms with Crippen LogP contribution in [0, 0.1) is 12.8 Å². The van der Waals surface area contributed by atoms with E-state index in [1.54, 1.807) is 16.2 Å². The molecule has 0 spiro atoms. The molecule has 0 saturated heterocycles. The molecule has 2 aromatic rings. The summed E-state index contributed by atoms with van der Waals surface area (Å²) in [6.07, 6.45) is 1.97. The van der Waals surface area contributed by atoms with Crippen molar-refractivity contribution in [1.82, 2.24) is 14.9 Å². The second-order valence-corrected chi connectivity index (χ2v) is 9.23. The molecule has 0 saturated carbocycles. The molecule has 0 radical (unpaired) electrons. The van der Waals surface area contributed by atoms with Gasteiger partial charge in [-0.15, -0.1) is 11.3 Å². The number of aromatic amines is 1. The van der Waals surface area contributed by atoms with Crippen molar-refractivity contribution in [3.8, 4) is 0 Å². The number of nitrogens with one attached hydrogen (secondary N) is 1. The van der Waals surface area contributed by atoms with E-state index in [0.717, 1.165) is 33.7 Å². The molecule has 0 aromatic carbocycles. The van der Waals surface area contributed by atoms with Gasteiger partial charge in [-0.25, -0.2) is 4.98 Å². The molecule has 0 bridgehead atoms. The quantitative estimate of drug-likeness (QED) is 0.380. The largest absolute Gasteiger partial charge is 0.338 e. The summed E-state index contributed by atoms with van der Waals surface area (Å²) < 4.78 is 0. The molecule has 2 rings (SSSR count). The summed E-state index contributed by atoms with van der Waals surface area (Å²) >= 11 is 2.84. The van der Waals surface area contributed by atoms with Gasteiger partial charge in [-0.1, -0.05) is 44.2 Å². The first-order valence-corrected chi connectivity index (χ1v) is 11.1. The van der Waals surface area contributed by atoms with E-state index in [9.17, 15) is 9.59 Å². The van der Waals surface area contributed by atoms with Crippen LogP contribution < -0.4 is 5.56 Å². The molecule has 1 amide bonds. The molecule has 2 aromatic heterocycles. The third-order valence-corrected chi connectivity index (χ3v) is 6.52. The number of thioether (sulfide) groups is 1. The zero-order valence-corrected chi connectivity index (χ0v) is 18.5. The lowest BCUT2D eigenvalue weighted by Crippen LogP contribution is -2.33. The lowest BCUT2D eigenvalue weighted by Gasteiger charge is -2.20. The van der Waals surface area contributed by atoms with Crippen LogP contribution >= 0.6 is 23.1 Å². The van der Waals surface area contributed by atoms with Crippen LogP contribution in [0.25, 0.3) is 10.2 Å². The van der Waals surface area contributed by atoms with E-state index >= 15 is 0 Å². The SMILES string of the molecule is C=C(C)CN(CC)C(=O)CSc1nc2sc(C)c(C[C@@H](C)CC)c2c(=O)[nH]1. The Bertz CT molecular complexity index is 885. The Labute approximate surface area is 169 Å². The number of H-pyrrole nitrogens is 1. The van der Waals surface area contributed by atoms with Gasteiger partial charge >= 0.3 is 0 Å². The maximum absolute atomic E-state index is 12.7. The second-order valence-electron chi connectivity index (χ2n) is 7.06. The van der Waals surface area contributed by atoms with Crippen molar-refractivity contribution in [2.24, 2.45) is 5.92 Å². The number of aryl methyl sites for hydroxylation is 1. The van der Waals surface area contributed by atoms with E-state index in [4.69, 9.17) is 0 Å². The molecule has 0 aliphatic carbocycles. The van der Waals surface area contributed by atoms with Gasteiger partial charge in [-0.05, 0) is 38.7 Å². The number of aromatic nitrogens is 2. The first-order chi connectivity index (χ1) is 12.8. The Hall–Kier alpha value is -1.60. The van der Waals surface area contributed by atoms with E-state index in [-0.39, 0.29) is 17.2 Å². The fraction of sp³-hybridized carbons (Fsp3) is 0.550. The monoisotopic (exact) mass is 407 g/mol. The topological polar surface area (TPSA) is 66.1 Å². The zero-order chi connectivity index (χ0) is 20.1. The fourth-order valence-electron chi connectivity index (χ4n) is 2.89. The number of amides is 1. The summed E-state index contributed by atoms with van der Waals surface area (Å²) in [7, 11) is 0. The summed E-state index contributed by atoms with van der Waals surface area (Å²) in [6, 6.07) is 0. The van der Waals surface area contributed by atoms with Crippen LogP contribution in [-0.2, 0) is 11.2 Å². The molecule has 0 fully saturated rings. The standard InChI is InChI=1S/C20H29N3O2S2/c1-7-13(5)9-15-14(6)27-19-17(15)18(25)21-20(22-19)26-11-16(24)23(8-2)10-12(3)4/h13H,3,7-11H2,1-2,4-6H3,(H,21,22,25)/t13-/m0/s1. The summed E-state index contributed by atoms with van der Waals surface area (Å²) in [6.45, 7) is 15.3. The summed E-state index contributed by atoms with van der Waals surface area (Å²) in [4.78, 5) is 36.2. The van der Waals surface area contributed by atoms with Gasteiger partial charge < -0.3 is 9.88 Å². The minimum atomic E-state index is -0.105. The molecule has 7 heteroatoms. The van der Waals surface area contributed by atoms with Gasteiger partial charge in [0.05, 0.1) is 11.1 Å². The van der Waals surface area contributed by atoms with Crippen LogP contribution in [0.2, 0.25) is 0 Å². The lowest BCUT2D eigenvalue weighted by molar-refractivity contribution is -0.127. The molecule has 1 N–H and O–H groups in total. The lowest BCUT2D eigenvalue weighted by atomic mass is 9.98. The predicted molar refractivity (Wildman–Crippen MR) is 116 cm³/mol. The number of hydrogen-bond acceptors (Lipinski definition) is 5. The fourth-order valence-corrected chi connectivity index (χ4v) is 4.76. The van der Waals surface area contributed by atoms with Crippen molar-refractivity contribution in [2.45, 2.75) is 52.6 Å². The van der Waals surface area contributed by atoms with E-state index in [0.29, 0.717) is 29.6 Å². The Kier molecular flexibility index (Phi) is 7.68. The minimum Gasteiger partial charge on any atom is -0.338 e. The van der Waals surface area contributed by atoms with Gasteiger partial charge in [0.15, 0.2) is 5.16 Å². The molecule has 0 aliphatic rings. The maximum atomic E-state index is 12.7. The Morgan fingerprint density at radius 2 is 2.11 bits per heavy atom. The molecule has 0 unspecified atom stereocenters. The molecule has 148 valence electrons. The normalized spacial score (nSPS) is 12.3. The van der Waals surface area contributed by atoms with Crippen molar-refractivity contribution >= 4 is 39.2 Å². The number of thiophene rings is 1. The first kappa shape index (κ1) is 21.7. The van der Waals surface area contributed by atoms with Crippen molar-refractivity contribution < 1.29 is 4.79 Å². The number of rotatable bonds is 9. The van der Waals surface area contributed by atoms with Gasteiger partial charge in [0.2, 0.25) is 5.91 Å². The first-order valence-electron chi connectivity index (χ1n) is 9.33. The van der Waals surface area contributed by atoms with Gasteiger partial charge in [-0.2, -0.15) is 0 Å². The van der Waals surface area contributed by atoms with Crippen molar-refractivity contribution in [2.75, 3.05) is 18.8 Å². The molecular formula is C20H29N3O2S2. The summed E-state index contributed by atoms with van der Waals surface area (Å²) in [5, 5.41) is 1.22. The molecule has 27 heavy (non-hydrogen) atoms. The maximum Gasteiger partial charge on any atom is 0.260 e. The highest BCUT2D eigenvalue weighted by atomic mass is 32.2. The highest BCUT2D eigenvalue weighted by Gasteiger charge is 2.18.